The van der Waals surface area contributed by atoms with Crippen molar-refractivity contribution in [1.82, 2.24) is 9.88 Å². The molecule has 3 aromatic rings. The molecule has 2 aromatic heterocycles. The van der Waals surface area contributed by atoms with Crippen LogP contribution in [0.25, 0.3) is 10.4 Å². The Hall–Kier alpha value is -3.59. The predicted molar refractivity (Wildman–Crippen MR) is 120 cm³/mol. The first-order valence-corrected chi connectivity index (χ1v) is 10.4. The van der Waals surface area contributed by atoms with Gasteiger partial charge in [0.1, 0.15) is 10.8 Å². The van der Waals surface area contributed by atoms with E-state index < -0.39 is 17.6 Å². The van der Waals surface area contributed by atoms with Gasteiger partial charge in [-0.05, 0) is 48.7 Å². The van der Waals surface area contributed by atoms with Crippen molar-refractivity contribution in [2.24, 2.45) is 7.05 Å². The van der Waals surface area contributed by atoms with Crippen LogP contribution in [-0.2, 0) is 11.8 Å². The number of carboxylic acid groups (broad SMARTS) is 1. The number of thiophene rings is 1. The first-order valence-electron chi connectivity index (χ1n) is 9.55. The minimum absolute atomic E-state index is 0.117. The zero-order chi connectivity index (χ0) is 22.7. The number of nitrogens with zero attached hydrogens (tertiary/aromatic N) is 2. The minimum Gasteiger partial charge on any atom is -0.505 e. The molecule has 0 saturated carbocycles. The van der Waals surface area contributed by atoms with Gasteiger partial charge in [0.2, 0.25) is 0 Å². The first kappa shape index (κ1) is 22.1. The highest BCUT2D eigenvalue weighted by Gasteiger charge is 2.26. The molecular weight excluding hydrogens is 418 g/mol. The molecule has 0 fully saturated rings. The average Bonchev–Trinajstić information content (AvgIpc) is 3.16. The Morgan fingerprint density at radius 1 is 1.13 bits per heavy atom. The zero-order valence-electron chi connectivity index (χ0n) is 17.4. The summed E-state index contributed by atoms with van der Waals surface area (Å²) in [5, 5.41) is 22.2. The largest absolute Gasteiger partial charge is 0.505 e. The number of benzene rings is 1. The first-order chi connectivity index (χ1) is 14.7. The number of anilines is 2. The van der Waals surface area contributed by atoms with Crippen LogP contribution in [0.15, 0.2) is 47.4 Å². The third kappa shape index (κ3) is 4.61. The van der Waals surface area contributed by atoms with Gasteiger partial charge >= 0.3 is 12.0 Å². The number of carbonyl (C=O) groups is 2. The summed E-state index contributed by atoms with van der Waals surface area (Å²) >= 11 is 1.30. The molecular formula is C22H23N3O5S. The van der Waals surface area contributed by atoms with Crippen molar-refractivity contribution < 1.29 is 19.8 Å². The summed E-state index contributed by atoms with van der Waals surface area (Å²) in [5.41, 5.74) is 2.42. The molecule has 0 unspecified atom stereocenters. The third-order valence-electron chi connectivity index (χ3n) is 4.80. The Balaban J connectivity index is 2.09. The fourth-order valence-corrected chi connectivity index (χ4v) is 4.46. The number of aliphatic carboxylic acids is 1. The number of rotatable bonds is 6. The van der Waals surface area contributed by atoms with E-state index in [4.69, 9.17) is 5.11 Å². The van der Waals surface area contributed by atoms with E-state index >= 15 is 0 Å². The number of aryl methyl sites for hydroxylation is 3. The lowest BCUT2D eigenvalue weighted by molar-refractivity contribution is -0.136. The highest BCUT2D eigenvalue weighted by atomic mass is 32.1. The monoisotopic (exact) mass is 441 g/mol. The van der Waals surface area contributed by atoms with E-state index in [-0.39, 0.29) is 24.4 Å². The summed E-state index contributed by atoms with van der Waals surface area (Å²) in [6.07, 6.45) is 1.13. The van der Waals surface area contributed by atoms with Gasteiger partial charge in [0.05, 0.1) is 6.42 Å². The van der Waals surface area contributed by atoms with Crippen LogP contribution in [0.3, 0.4) is 0 Å². The topological polar surface area (TPSA) is 112 Å². The highest BCUT2D eigenvalue weighted by Crippen LogP contribution is 2.40. The molecule has 2 amide bonds. The van der Waals surface area contributed by atoms with E-state index in [1.807, 2.05) is 38.1 Å². The average molecular weight is 442 g/mol. The number of carbonyl (C=O) groups excluding carboxylic acids is 1. The number of pyridine rings is 1. The second kappa shape index (κ2) is 9.05. The Bertz CT molecular complexity index is 1180. The number of aromatic hydroxyl groups is 1. The maximum Gasteiger partial charge on any atom is 0.327 e. The fourth-order valence-electron chi connectivity index (χ4n) is 3.27. The van der Waals surface area contributed by atoms with Gasteiger partial charge in [-0.2, -0.15) is 0 Å². The van der Waals surface area contributed by atoms with Crippen LogP contribution in [0, 0.1) is 13.8 Å². The normalized spacial score (nSPS) is 10.7. The van der Waals surface area contributed by atoms with Crippen LogP contribution in [0.5, 0.6) is 5.75 Å². The molecule has 0 aliphatic heterocycles. The van der Waals surface area contributed by atoms with E-state index in [1.165, 1.54) is 35.2 Å². The quantitative estimate of drug-likeness (QED) is 0.539. The van der Waals surface area contributed by atoms with E-state index in [0.29, 0.717) is 5.00 Å². The molecule has 31 heavy (non-hydrogen) atoms. The summed E-state index contributed by atoms with van der Waals surface area (Å²) in [6.45, 7) is 3.88. The summed E-state index contributed by atoms with van der Waals surface area (Å²) in [6, 6.07) is 10.2. The Morgan fingerprint density at radius 2 is 1.81 bits per heavy atom. The maximum atomic E-state index is 13.0. The van der Waals surface area contributed by atoms with Crippen molar-refractivity contribution in [3.05, 3.63) is 64.1 Å². The molecule has 0 aliphatic rings. The van der Waals surface area contributed by atoms with Gasteiger partial charge in [-0.1, -0.05) is 18.2 Å². The molecule has 0 radical (unpaired) electrons. The van der Waals surface area contributed by atoms with E-state index in [2.05, 4.69) is 5.32 Å². The van der Waals surface area contributed by atoms with Gasteiger partial charge in [0.15, 0.2) is 5.69 Å². The number of nitrogens with one attached hydrogen (secondary N) is 1. The molecule has 9 heteroatoms. The summed E-state index contributed by atoms with van der Waals surface area (Å²) in [5.74, 6) is -1.41. The van der Waals surface area contributed by atoms with Crippen LogP contribution in [0.1, 0.15) is 17.5 Å². The summed E-state index contributed by atoms with van der Waals surface area (Å²) in [7, 11) is 1.52. The van der Waals surface area contributed by atoms with Crippen LogP contribution in [0.2, 0.25) is 0 Å². The second-order valence-corrected chi connectivity index (χ2v) is 8.14. The molecule has 1 aromatic carbocycles. The van der Waals surface area contributed by atoms with Gasteiger partial charge < -0.3 is 20.1 Å². The number of amides is 2. The van der Waals surface area contributed by atoms with Crippen LogP contribution < -0.4 is 15.8 Å². The van der Waals surface area contributed by atoms with E-state index in [0.717, 1.165) is 26.5 Å². The van der Waals surface area contributed by atoms with Gasteiger partial charge in [0, 0.05) is 24.7 Å². The van der Waals surface area contributed by atoms with Gasteiger partial charge in [-0.3, -0.25) is 9.59 Å². The summed E-state index contributed by atoms with van der Waals surface area (Å²) < 4.78 is 1.26. The lowest BCUT2D eigenvalue weighted by Crippen LogP contribution is -2.40. The highest BCUT2D eigenvalue weighted by molar-refractivity contribution is 7.19. The lowest BCUT2D eigenvalue weighted by Gasteiger charge is -2.22. The molecule has 3 N–H and O–H groups in total. The molecule has 0 atom stereocenters. The van der Waals surface area contributed by atoms with Crippen molar-refractivity contribution in [2.75, 3.05) is 11.4 Å². The maximum absolute atomic E-state index is 13.0. The molecule has 0 aliphatic carbocycles. The molecule has 3 rings (SSSR count). The zero-order valence-corrected chi connectivity index (χ0v) is 18.2. The molecule has 2 heterocycles. The Labute approximate surface area is 183 Å². The molecule has 0 bridgehead atoms. The van der Waals surface area contributed by atoms with Crippen LogP contribution >= 0.6 is 11.3 Å². The molecule has 0 spiro atoms. The van der Waals surface area contributed by atoms with E-state index in [1.54, 1.807) is 6.07 Å². The SMILES string of the molecule is Cc1cccc(C)c1-c1ccc(N(C(=O)NCCC(=O)O)c2c(O)ccn(C)c2=O)s1. The Morgan fingerprint density at radius 3 is 2.45 bits per heavy atom. The Kier molecular flexibility index (Phi) is 6.45. The fraction of sp³-hybridized carbons (Fsp3) is 0.227. The van der Waals surface area contributed by atoms with Crippen molar-refractivity contribution in [3.8, 4) is 16.2 Å². The van der Waals surface area contributed by atoms with Crippen LogP contribution in [0.4, 0.5) is 15.5 Å². The van der Waals surface area contributed by atoms with Crippen molar-refractivity contribution in [2.45, 2.75) is 20.3 Å². The smallest absolute Gasteiger partial charge is 0.327 e. The third-order valence-corrected chi connectivity index (χ3v) is 5.89. The molecule has 162 valence electrons. The summed E-state index contributed by atoms with van der Waals surface area (Å²) in [4.78, 5) is 38.6. The number of carboxylic acids is 1. The lowest BCUT2D eigenvalue weighted by atomic mass is 10.0. The second-order valence-electron chi connectivity index (χ2n) is 7.08. The molecule has 8 nitrogen and oxygen atoms in total. The van der Waals surface area contributed by atoms with Crippen LogP contribution in [-0.4, -0.2) is 33.3 Å². The minimum atomic E-state index is -1.06. The van der Waals surface area contributed by atoms with Gasteiger partial charge in [0.25, 0.3) is 5.56 Å². The number of hydrogen-bond donors (Lipinski definition) is 3. The number of aromatic nitrogens is 1. The number of urea groups is 1. The van der Waals surface area contributed by atoms with Gasteiger partial charge in [-0.15, -0.1) is 11.3 Å². The van der Waals surface area contributed by atoms with Crippen molar-refractivity contribution >= 4 is 34.0 Å². The molecule has 0 saturated heterocycles. The van der Waals surface area contributed by atoms with Gasteiger partial charge in [-0.25, -0.2) is 9.69 Å². The van der Waals surface area contributed by atoms with E-state index in [9.17, 15) is 19.5 Å². The van der Waals surface area contributed by atoms with Crippen molar-refractivity contribution in [1.29, 1.82) is 0 Å². The number of hydrogen-bond acceptors (Lipinski definition) is 5. The van der Waals surface area contributed by atoms with Crippen molar-refractivity contribution in [3.63, 3.8) is 0 Å². The standard InChI is InChI=1S/C22H23N3O5S/c1-13-5-4-6-14(2)19(13)16-7-8-17(31-16)25(22(30)23-11-9-18(27)28)20-15(26)10-12-24(3)21(20)29/h4-8,10,12,26H,9,11H2,1-3H3,(H,23,30)(H,27,28). The predicted octanol–water partition coefficient (Wildman–Crippen LogP) is 3.76.